The Balaban J connectivity index is 1.63. The Hall–Kier alpha value is -3.55. The zero-order valence-electron chi connectivity index (χ0n) is 15.5. The smallest absolute Gasteiger partial charge is 0.355 e. The van der Waals surface area contributed by atoms with Crippen LogP contribution in [0, 0.1) is 5.82 Å². The third-order valence-electron chi connectivity index (χ3n) is 4.85. The highest BCUT2D eigenvalue weighted by molar-refractivity contribution is 5.95. The van der Waals surface area contributed by atoms with E-state index in [1.807, 2.05) is 0 Å². The van der Waals surface area contributed by atoms with Crippen LogP contribution in [-0.2, 0) is 4.79 Å². The molecule has 2 atom stereocenters. The van der Waals surface area contributed by atoms with Crippen LogP contribution in [0.1, 0.15) is 23.3 Å². The van der Waals surface area contributed by atoms with Crippen LogP contribution in [-0.4, -0.2) is 17.0 Å². The van der Waals surface area contributed by atoms with Gasteiger partial charge in [0.1, 0.15) is 17.7 Å². The molecule has 0 fully saturated rings. The summed E-state index contributed by atoms with van der Waals surface area (Å²) in [6.45, 7) is 0. The monoisotopic (exact) mass is 415 g/mol. The highest BCUT2D eigenvalue weighted by Gasteiger charge is 2.43. The van der Waals surface area contributed by atoms with Crippen LogP contribution in [0.2, 0.25) is 0 Å². The summed E-state index contributed by atoms with van der Waals surface area (Å²) in [6.07, 6.45) is 1.55. The Morgan fingerprint density at radius 1 is 1.03 bits per heavy atom. The Labute approximate surface area is 170 Å². The normalized spacial score (nSPS) is 18.8. The minimum atomic E-state index is -4.67. The maximum Gasteiger partial charge on any atom is 0.412 e. The number of fused-ring (bicyclic) bond motifs is 1. The van der Waals surface area contributed by atoms with E-state index in [0.717, 1.165) is 0 Å². The number of amides is 1. The predicted molar refractivity (Wildman–Crippen MR) is 103 cm³/mol. The number of allylic oxidation sites excluding steroid dienone is 3. The van der Waals surface area contributed by atoms with E-state index in [0.29, 0.717) is 11.3 Å². The van der Waals surface area contributed by atoms with Gasteiger partial charge in [0, 0.05) is 6.20 Å². The van der Waals surface area contributed by atoms with E-state index < -0.39 is 30.1 Å². The fraction of sp³-hybridized carbons (Fsp3) is 0.136. The summed E-state index contributed by atoms with van der Waals surface area (Å²) < 4.78 is 54.2. The lowest BCUT2D eigenvalue weighted by Crippen LogP contribution is -2.40. The van der Waals surface area contributed by atoms with Gasteiger partial charge in [0.2, 0.25) is 0 Å². The zero-order chi connectivity index (χ0) is 21.3. The molecule has 2 aromatic rings. The van der Waals surface area contributed by atoms with E-state index in [1.54, 1.807) is 47.5 Å². The molecule has 0 spiro atoms. The minimum Gasteiger partial charge on any atom is -0.355 e. The second-order valence-electron chi connectivity index (χ2n) is 6.83. The van der Waals surface area contributed by atoms with Crippen molar-refractivity contribution in [1.29, 1.82) is 0 Å². The van der Waals surface area contributed by atoms with E-state index in [-0.39, 0.29) is 11.3 Å². The summed E-state index contributed by atoms with van der Waals surface area (Å²) in [7, 11) is 0. The van der Waals surface area contributed by atoms with Crippen LogP contribution in [0.3, 0.4) is 0 Å². The van der Waals surface area contributed by atoms with Crippen LogP contribution in [0.4, 0.5) is 17.6 Å². The van der Waals surface area contributed by atoms with Crippen LogP contribution in [0.5, 0.6) is 0 Å². The summed E-state index contributed by atoms with van der Waals surface area (Å²) >= 11 is 0. The third-order valence-corrected chi connectivity index (χ3v) is 4.85. The van der Waals surface area contributed by atoms with Gasteiger partial charge in [-0.1, -0.05) is 48.5 Å². The van der Waals surface area contributed by atoms with Gasteiger partial charge < -0.3 is 15.5 Å². The Bertz CT molecular complexity index is 1030. The number of carbonyl (C=O) groups excluding carboxylic acids is 1. The number of benzene rings is 2. The molecule has 2 aliphatic heterocycles. The second kappa shape index (κ2) is 7.70. The van der Waals surface area contributed by atoms with Crippen LogP contribution in [0.25, 0.3) is 0 Å². The van der Waals surface area contributed by atoms with Crippen LogP contribution < -0.4 is 10.6 Å². The Morgan fingerprint density at radius 3 is 2.40 bits per heavy atom. The molecule has 0 aliphatic carbocycles. The van der Waals surface area contributed by atoms with Crippen molar-refractivity contribution in [1.82, 2.24) is 15.5 Å². The molecule has 2 N–H and O–H groups in total. The molecule has 0 aromatic heterocycles. The summed E-state index contributed by atoms with van der Waals surface area (Å²) in [4.78, 5) is 14.6. The first-order valence-corrected chi connectivity index (χ1v) is 9.16. The second-order valence-corrected chi connectivity index (χ2v) is 6.83. The van der Waals surface area contributed by atoms with E-state index in [2.05, 4.69) is 10.6 Å². The highest BCUT2D eigenvalue weighted by atomic mass is 19.4. The Kier molecular flexibility index (Phi) is 5.07. The molecule has 0 saturated heterocycles. The number of halogens is 4. The molecule has 4 rings (SSSR count). The first kappa shape index (κ1) is 19.8. The molecule has 0 radical (unpaired) electrons. The molecule has 2 heterocycles. The molecule has 154 valence electrons. The summed E-state index contributed by atoms with van der Waals surface area (Å²) in [6, 6.07) is 10.7. The molecule has 2 aromatic carbocycles. The van der Waals surface area contributed by atoms with Crippen molar-refractivity contribution in [2.75, 3.05) is 0 Å². The van der Waals surface area contributed by atoms with Crippen molar-refractivity contribution in [3.8, 4) is 0 Å². The van der Waals surface area contributed by atoms with E-state index in [1.165, 1.54) is 36.4 Å². The van der Waals surface area contributed by atoms with Crippen molar-refractivity contribution < 1.29 is 22.4 Å². The maximum absolute atomic E-state index is 13.6. The van der Waals surface area contributed by atoms with Gasteiger partial charge in [-0.25, -0.2) is 4.39 Å². The number of hydrogen-bond acceptors (Lipinski definition) is 3. The standard InChI is InChI=1S/C22H17F4N3O/c23-16-11-9-15(10-12-16)20-27-18(17-8-4-5-13-29(17)20)21(30)28-19(22(24,25)26)14-6-2-1-3-7-14/h1-13,19-20,27H,(H,28,30). The quantitative estimate of drug-likeness (QED) is 0.726. The van der Waals surface area contributed by atoms with Gasteiger partial charge in [0.05, 0.1) is 5.70 Å². The van der Waals surface area contributed by atoms with Gasteiger partial charge in [-0.3, -0.25) is 4.79 Å². The van der Waals surface area contributed by atoms with Crippen molar-refractivity contribution in [3.63, 3.8) is 0 Å². The number of nitrogens with one attached hydrogen (secondary N) is 2. The largest absolute Gasteiger partial charge is 0.412 e. The van der Waals surface area contributed by atoms with Gasteiger partial charge in [-0.05, 0) is 35.4 Å². The SMILES string of the molecule is O=C(NC(c1ccccc1)C(F)(F)F)C1=C2C=CC=CN2C(c2ccc(F)cc2)N1. The maximum atomic E-state index is 13.6. The lowest BCUT2D eigenvalue weighted by atomic mass is 10.1. The first-order valence-electron chi connectivity index (χ1n) is 9.16. The van der Waals surface area contributed by atoms with E-state index in [4.69, 9.17) is 0 Å². The summed E-state index contributed by atoms with van der Waals surface area (Å²) in [5.74, 6) is -1.29. The lowest BCUT2D eigenvalue weighted by Gasteiger charge is -2.26. The van der Waals surface area contributed by atoms with Crippen molar-refractivity contribution in [2.45, 2.75) is 18.4 Å². The number of carbonyl (C=O) groups is 1. The average Bonchev–Trinajstić information content (AvgIpc) is 3.12. The number of hydrogen-bond donors (Lipinski definition) is 2. The van der Waals surface area contributed by atoms with Gasteiger partial charge in [-0.2, -0.15) is 13.2 Å². The summed E-state index contributed by atoms with van der Waals surface area (Å²) in [5.41, 5.74) is 1.04. The minimum absolute atomic E-state index is 0.00936. The van der Waals surface area contributed by atoms with E-state index >= 15 is 0 Å². The van der Waals surface area contributed by atoms with Crippen molar-refractivity contribution in [2.24, 2.45) is 0 Å². The molecular weight excluding hydrogens is 398 g/mol. The first-order chi connectivity index (χ1) is 14.3. The van der Waals surface area contributed by atoms with Gasteiger partial charge in [0.25, 0.3) is 5.91 Å². The molecule has 2 aliphatic rings. The van der Waals surface area contributed by atoms with Gasteiger partial charge >= 0.3 is 6.18 Å². The summed E-state index contributed by atoms with van der Waals surface area (Å²) in [5, 5.41) is 5.08. The number of alkyl halides is 3. The third kappa shape index (κ3) is 3.80. The highest BCUT2D eigenvalue weighted by Crippen LogP contribution is 2.36. The number of rotatable bonds is 4. The van der Waals surface area contributed by atoms with Gasteiger partial charge in [-0.15, -0.1) is 0 Å². The topological polar surface area (TPSA) is 44.4 Å². The molecular formula is C22H17F4N3O. The molecule has 0 bridgehead atoms. The molecule has 4 nitrogen and oxygen atoms in total. The van der Waals surface area contributed by atoms with Crippen LogP contribution >= 0.6 is 0 Å². The zero-order valence-corrected chi connectivity index (χ0v) is 15.5. The van der Waals surface area contributed by atoms with E-state index in [9.17, 15) is 22.4 Å². The molecule has 8 heteroatoms. The Morgan fingerprint density at radius 2 is 1.73 bits per heavy atom. The van der Waals surface area contributed by atoms with Gasteiger partial charge in [0.15, 0.2) is 6.04 Å². The fourth-order valence-corrected chi connectivity index (χ4v) is 3.45. The predicted octanol–water partition coefficient (Wildman–Crippen LogP) is 4.44. The fourth-order valence-electron chi connectivity index (χ4n) is 3.45. The molecule has 30 heavy (non-hydrogen) atoms. The average molecular weight is 415 g/mol. The molecule has 2 unspecified atom stereocenters. The molecule has 0 saturated carbocycles. The lowest BCUT2D eigenvalue weighted by molar-refractivity contribution is -0.162. The number of nitrogens with zero attached hydrogens (tertiary/aromatic N) is 1. The van der Waals surface area contributed by atoms with Crippen LogP contribution in [0.15, 0.2) is 90.4 Å². The van der Waals surface area contributed by atoms with Crippen molar-refractivity contribution in [3.05, 3.63) is 107 Å². The molecule has 1 amide bonds. The van der Waals surface area contributed by atoms with Crippen molar-refractivity contribution >= 4 is 5.91 Å².